The molecular weight excluding hydrogens is 613 g/mol. The topological polar surface area (TPSA) is 16.4 Å². The summed E-state index contributed by atoms with van der Waals surface area (Å²) in [5.41, 5.74) is 5.18. The zero-order valence-electron chi connectivity index (χ0n) is 24.2. The van der Waals surface area contributed by atoms with Gasteiger partial charge >= 0.3 is 260 Å². The van der Waals surface area contributed by atoms with Gasteiger partial charge in [0.25, 0.3) is 0 Å². The summed E-state index contributed by atoms with van der Waals surface area (Å²) in [6, 6.07) is 55.3. The SMILES string of the molecule is c1ccc2cc(N(c3ccc4oc5ccccc5c4c3)c3ccc4ccc5ccc6c7ccccc7[se]c6c5c4c3)ccc2c1. The summed E-state index contributed by atoms with van der Waals surface area (Å²) >= 11 is 0.265. The fraction of sp³-hybridized carbons (Fsp3) is 0. The van der Waals surface area contributed by atoms with E-state index >= 15 is 0 Å². The van der Waals surface area contributed by atoms with Gasteiger partial charge in [0.1, 0.15) is 0 Å². The fourth-order valence-electron chi connectivity index (χ4n) is 7.06. The molecule has 3 heteroatoms. The summed E-state index contributed by atoms with van der Waals surface area (Å²) in [5.74, 6) is 0. The van der Waals surface area contributed by atoms with E-state index in [1.54, 1.807) is 0 Å². The van der Waals surface area contributed by atoms with Crippen LogP contribution < -0.4 is 4.90 Å². The van der Waals surface area contributed by atoms with Crippen LogP contribution in [0.25, 0.3) is 73.5 Å². The Morgan fingerprint density at radius 2 is 1.02 bits per heavy atom. The third-order valence-corrected chi connectivity index (χ3v) is 11.7. The molecule has 0 saturated carbocycles. The third-order valence-electron chi connectivity index (χ3n) is 9.20. The summed E-state index contributed by atoms with van der Waals surface area (Å²) in [6.45, 7) is 0. The van der Waals surface area contributed by atoms with Crippen molar-refractivity contribution in [3.8, 4) is 0 Å². The van der Waals surface area contributed by atoms with Gasteiger partial charge in [-0.15, -0.1) is 0 Å². The predicted molar refractivity (Wildman–Crippen MR) is 193 cm³/mol. The molecule has 0 bridgehead atoms. The molecule has 0 aliphatic heterocycles. The summed E-state index contributed by atoms with van der Waals surface area (Å²) < 4.78 is 9.18. The van der Waals surface area contributed by atoms with E-state index in [1.807, 2.05) is 12.1 Å². The average molecular weight is 639 g/mol. The molecule has 0 N–H and O–H groups in total. The van der Waals surface area contributed by atoms with Crippen LogP contribution in [0.3, 0.4) is 0 Å². The molecule has 10 aromatic rings. The molecule has 0 fully saturated rings. The molecule has 2 heterocycles. The molecule has 0 spiro atoms. The van der Waals surface area contributed by atoms with Gasteiger partial charge in [-0.1, -0.05) is 6.07 Å². The van der Waals surface area contributed by atoms with Crippen LogP contribution in [0.15, 0.2) is 156 Å². The maximum absolute atomic E-state index is 6.21. The molecule has 0 unspecified atom stereocenters. The van der Waals surface area contributed by atoms with Crippen molar-refractivity contribution in [3.63, 3.8) is 0 Å². The Balaban J connectivity index is 1.27. The van der Waals surface area contributed by atoms with Crippen LogP contribution in [0.4, 0.5) is 17.1 Å². The number of furan rings is 1. The number of fused-ring (bicyclic) bond motifs is 11. The fourth-order valence-corrected chi connectivity index (χ4v) is 9.73. The molecule has 0 radical (unpaired) electrons. The van der Waals surface area contributed by atoms with E-state index in [1.165, 1.54) is 51.6 Å². The molecule has 10 rings (SSSR count). The minimum atomic E-state index is 0.265. The van der Waals surface area contributed by atoms with E-state index in [2.05, 4.69) is 144 Å². The van der Waals surface area contributed by atoms with Gasteiger partial charge < -0.3 is 0 Å². The number of hydrogen-bond acceptors (Lipinski definition) is 2. The quantitative estimate of drug-likeness (QED) is 0.141. The number of rotatable bonds is 3. The van der Waals surface area contributed by atoms with Gasteiger partial charge in [0, 0.05) is 0 Å². The van der Waals surface area contributed by atoms with Crippen molar-refractivity contribution in [1.29, 1.82) is 0 Å². The van der Waals surface area contributed by atoms with Crippen molar-refractivity contribution < 1.29 is 4.42 Å². The monoisotopic (exact) mass is 639 g/mol. The Labute approximate surface area is 265 Å². The Kier molecular flexibility index (Phi) is 5.33. The first-order valence-corrected chi connectivity index (χ1v) is 17.0. The third kappa shape index (κ3) is 3.82. The standard InChI is InChI=1S/C42H25NOSe/c1-2-8-29-23-30(18-15-26(29)7-1)43(32-20-22-39-37(25-32)33-9-3-5-11-38(33)44-39)31-19-16-27-13-14-28-17-21-35-34-10-4-6-12-40(34)45-42(35)41(28)36(27)24-31/h1-25H. The second-order valence-electron chi connectivity index (χ2n) is 11.8. The van der Waals surface area contributed by atoms with E-state index < -0.39 is 0 Å². The van der Waals surface area contributed by atoms with Crippen molar-refractivity contribution in [1.82, 2.24) is 0 Å². The predicted octanol–water partition coefficient (Wildman–Crippen LogP) is 11.9. The number of anilines is 3. The van der Waals surface area contributed by atoms with Crippen molar-refractivity contribution in [2.75, 3.05) is 4.90 Å². The number of para-hydroxylation sites is 1. The molecule has 8 aromatic carbocycles. The Bertz CT molecular complexity index is 2790. The van der Waals surface area contributed by atoms with Gasteiger partial charge in [-0.3, -0.25) is 0 Å². The molecule has 45 heavy (non-hydrogen) atoms. The average Bonchev–Trinajstić information content (AvgIpc) is 3.66. The Hall–Kier alpha value is -5.34. The Morgan fingerprint density at radius 3 is 1.93 bits per heavy atom. The zero-order valence-corrected chi connectivity index (χ0v) is 25.9. The van der Waals surface area contributed by atoms with Crippen molar-refractivity contribution in [2.45, 2.75) is 0 Å². The van der Waals surface area contributed by atoms with Crippen LogP contribution in [0, 0.1) is 0 Å². The maximum atomic E-state index is 6.21. The first kappa shape index (κ1) is 25.0. The number of hydrogen-bond donors (Lipinski definition) is 0. The second kappa shape index (κ2) is 9.58. The Morgan fingerprint density at radius 1 is 0.400 bits per heavy atom. The van der Waals surface area contributed by atoms with Gasteiger partial charge in [0.05, 0.1) is 0 Å². The minimum absolute atomic E-state index is 0.265. The van der Waals surface area contributed by atoms with Gasteiger partial charge in [0.2, 0.25) is 0 Å². The first-order valence-electron chi connectivity index (χ1n) is 15.3. The normalized spacial score (nSPS) is 12.0. The van der Waals surface area contributed by atoms with Gasteiger partial charge in [-0.2, -0.15) is 0 Å². The van der Waals surface area contributed by atoms with Crippen LogP contribution in [0.2, 0.25) is 0 Å². The molecule has 2 nitrogen and oxygen atoms in total. The van der Waals surface area contributed by atoms with Gasteiger partial charge in [0.15, 0.2) is 0 Å². The second-order valence-corrected chi connectivity index (χ2v) is 14.0. The van der Waals surface area contributed by atoms with E-state index in [4.69, 9.17) is 4.42 Å². The molecule has 210 valence electrons. The molecule has 0 aliphatic rings. The number of benzene rings is 8. The van der Waals surface area contributed by atoms with Gasteiger partial charge in [-0.05, 0) is 0 Å². The van der Waals surface area contributed by atoms with E-state index in [0.29, 0.717) is 0 Å². The molecule has 0 aliphatic carbocycles. The van der Waals surface area contributed by atoms with E-state index in [9.17, 15) is 0 Å². The van der Waals surface area contributed by atoms with Crippen molar-refractivity contribution in [2.24, 2.45) is 0 Å². The van der Waals surface area contributed by atoms with Crippen LogP contribution in [-0.4, -0.2) is 14.5 Å². The van der Waals surface area contributed by atoms with Crippen LogP contribution in [0.1, 0.15) is 0 Å². The summed E-state index contributed by atoms with van der Waals surface area (Å²) in [4.78, 5) is 2.40. The summed E-state index contributed by atoms with van der Waals surface area (Å²) in [6.07, 6.45) is 0. The molecular formula is C42H25NOSe. The molecule has 0 saturated heterocycles. The van der Waals surface area contributed by atoms with Crippen molar-refractivity contribution in [3.05, 3.63) is 152 Å². The van der Waals surface area contributed by atoms with E-state index in [-0.39, 0.29) is 14.5 Å². The first-order chi connectivity index (χ1) is 22.3. The van der Waals surface area contributed by atoms with Crippen LogP contribution in [0.5, 0.6) is 0 Å². The molecule has 0 atom stereocenters. The van der Waals surface area contributed by atoms with Crippen molar-refractivity contribution >= 4 is 105 Å². The summed E-state index contributed by atoms with van der Waals surface area (Å²) in [7, 11) is 0. The van der Waals surface area contributed by atoms with Crippen LogP contribution >= 0.6 is 0 Å². The molecule has 0 amide bonds. The summed E-state index contributed by atoms with van der Waals surface area (Å²) in [5, 5.41) is 12.8. The molecule has 2 aromatic heterocycles. The van der Waals surface area contributed by atoms with E-state index in [0.717, 1.165) is 39.0 Å². The zero-order chi connectivity index (χ0) is 29.5. The van der Waals surface area contributed by atoms with Crippen LogP contribution in [-0.2, 0) is 0 Å². The number of nitrogens with zero attached hydrogens (tertiary/aromatic N) is 1. The van der Waals surface area contributed by atoms with Gasteiger partial charge in [-0.25, -0.2) is 0 Å².